The van der Waals surface area contributed by atoms with Crippen molar-refractivity contribution in [3.05, 3.63) is 35.7 Å². The first-order chi connectivity index (χ1) is 10.7. The highest BCUT2D eigenvalue weighted by molar-refractivity contribution is 5.58. The van der Waals surface area contributed by atoms with Crippen LogP contribution in [-0.2, 0) is 11.3 Å². The van der Waals surface area contributed by atoms with Crippen LogP contribution in [0.3, 0.4) is 0 Å². The lowest BCUT2D eigenvalue weighted by molar-refractivity contribution is 0.158. The molecule has 1 fully saturated rings. The van der Waals surface area contributed by atoms with E-state index < -0.39 is 0 Å². The predicted octanol–water partition coefficient (Wildman–Crippen LogP) is 3.08. The van der Waals surface area contributed by atoms with Gasteiger partial charge in [-0.15, -0.1) is 10.2 Å². The quantitative estimate of drug-likeness (QED) is 0.868. The first-order valence-corrected chi connectivity index (χ1v) is 7.81. The van der Waals surface area contributed by atoms with Crippen molar-refractivity contribution >= 4 is 0 Å². The molecule has 0 N–H and O–H groups in total. The van der Waals surface area contributed by atoms with Crippen molar-refractivity contribution < 1.29 is 9.15 Å². The lowest BCUT2D eigenvalue weighted by atomic mass is 9.90. The van der Waals surface area contributed by atoms with Crippen LogP contribution in [0.25, 0.3) is 11.5 Å². The van der Waals surface area contributed by atoms with Crippen LogP contribution in [0.5, 0.6) is 0 Å². The second-order valence-corrected chi connectivity index (χ2v) is 6.01. The van der Waals surface area contributed by atoms with E-state index in [2.05, 4.69) is 29.1 Å². The molecular formula is C17H23N3O2. The maximum Gasteiger partial charge on any atom is 0.248 e. The Morgan fingerprint density at radius 3 is 2.95 bits per heavy atom. The molecule has 0 radical (unpaired) electrons. The van der Waals surface area contributed by atoms with Gasteiger partial charge in [-0.25, -0.2) is 0 Å². The summed E-state index contributed by atoms with van der Waals surface area (Å²) in [6.07, 6.45) is 2.27. The number of ether oxygens (including phenoxy) is 1. The Morgan fingerprint density at radius 2 is 2.14 bits per heavy atom. The van der Waals surface area contributed by atoms with E-state index in [1.54, 1.807) is 7.11 Å². The normalized spacial score (nSPS) is 22.9. The van der Waals surface area contributed by atoms with Crippen molar-refractivity contribution in [3.8, 4) is 11.5 Å². The smallest absolute Gasteiger partial charge is 0.248 e. The third kappa shape index (κ3) is 2.91. The Balaban J connectivity index is 1.88. The minimum absolute atomic E-state index is 0.314. The van der Waals surface area contributed by atoms with Crippen LogP contribution in [0.15, 0.2) is 28.7 Å². The molecular weight excluding hydrogens is 278 g/mol. The molecule has 0 saturated carbocycles. The molecule has 1 aromatic carbocycles. The van der Waals surface area contributed by atoms with Gasteiger partial charge < -0.3 is 14.1 Å². The zero-order valence-electron chi connectivity index (χ0n) is 13.5. The van der Waals surface area contributed by atoms with Crippen molar-refractivity contribution in [3.63, 3.8) is 0 Å². The van der Waals surface area contributed by atoms with Crippen LogP contribution < -0.4 is 0 Å². The summed E-state index contributed by atoms with van der Waals surface area (Å²) in [5.74, 6) is 1.65. The number of likely N-dealkylation sites (tertiary alicyclic amines) is 1. The van der Waals surface area contributed by atoms with E-state index in [1.165, 1.54) is 6.42 Å². The van der Waals surface area contributed by atoms with Crippen LogP contribution in [0.1, 0.15) is 37.1 Å². The van der Waals surface area contributed by atoms with Gasteiger partial charge in [-0.05, 0) is 45.0 Å². The minimum atomic E-state index is 0.314. The van der Waals surface area contributed by atoms with Crippen LogP contribution in [-0.4, -0.2) is 41.8 Å². The molecule has 118 valence electrons. The van der Waals surface area contributed by atoms with Gasteiger partial charge in [-0.1, -0.05) is 18.2 Å². The summed E-state index contributed by atoms with van der Waals surface area (Å²) in [6, 6.07) is 8.43. The van der Waals surface area contributed by atoms with E-state index in [-0.39, 0.29) is 0 Å². The number of nitrogens with zero attached hydrogens (tertiary/aromatic N) is 3. The molecule has 1 aliphatic heterocycles. The number of methoxy groups -OCH3 is 1. The Labute approximate surface area is 131 Å². The molecule has 0 unspecified atom stereocenters. The molecule has 0 amide bonds. The molecule has 2 heterocycles. The van der Waals surface area contributed by atoms with Gasteiger partial charge in [-0.3, -0.25) is 0 Å². The predicted molar refractivity (Wildman–Crippen MR) is 84.5 cm³/mol. The molecule has 3 rings (SSSR count). The van der Waals surface area contributed by atoms with Crippen molar-refractivity contribution in [1.29, 1.82) is 0 Å². The zero-order valence-corrected chi connectivity index (χ0v) is 13.5. The molecule has 1 aliphatic rings. The van der Waals surface area contributed by atoms with Gasteiger partial charge in [0.1, 0.15) is 0 Å². The highest BCUT2D eigenvalue weighted by Crippen LogP contribution is 2.33. The Bertz CT molecular complexity index is 626. The molecule has 2 aromatic rings. The summed E-state index contributed by atoms with van der Waals surface area (Å²) in [5.41, 5.74) is 2.02. The summed E-state index contributed by atoms with van der Waals surface area (Å²) in [7, 11) is 3.84. The molecule has 1 saturated heterocycles. The lowest BCUT2D eigenvalue weighted by Crippen LogP contribution is -2.39. The van der Waals surface area contributed by atoms with Gasteiger partial charge in [0.25, 0.3) is 0 Å². The van der Waals surface area contributed by atoms with Gasteiger partial charge in [0.2, 0.25) is 11.8 Å². The third-order valence-electron chi connectivity index (χ3n) is 4.61. The summed E-state index contributed by atoms with van der Waals surface area (Å²) in [6.45, 7) is 3.90. The largest absolute Gasteiger partial charge is 0.420 e. The van der Waals surface area contributed by atoms with Crippen molar-refractivity contribution in [2.45, 2.75) is 38.3 Å². The molecule has 5 heteroatoms. The highest BCUT2D eigenvalue weighted by Gasteiger charge is 2.31. The Kier molecular flexibility index (Phi) is 4.55. The fourth-order valence-corrected chi connectivity index (χ4v) is 3.15. The van der Waals surface area contributed by atoms with Crippen molar-refractivity contribution in [1.82, 2.24) is 15.1 Å². The van der Waals surface area contributed by atoms with Gasteiger partial charge in [0.05, 0.1) is 12.5 Å². The number of aromatic nitrogens is 2. The minimum Gasteiger partial charge on any atom is -0.420 e. The van der Waals surface area contributed by atoms with Crippen molar-refractivity contribution in [2.75, 3.05) is 20.7 Å². The van der Waals surface area contributed by atoms with Gasteiger partial charge >= 0.3 is 0 Å². The second-order valence-electron chi connectivity index (χ2n) is 6.01. The molecule has 2 atom stereocenters. The number of rotatable bonds is 4. The number of likely N-dealkylation sites (N-methyl/N-ethyl adjacent to an activating group) is 1. The average molecular weight is 301 g/mol. The number of piperidine rings is 1. The van der Waals surface area contributed by atoms with E-state index in [0.29, 0.717) is 24.5 Å². The summed E-state index contributed by atoms with van der Waals surface area (Å²) in [5, 5.41) is 8.59. The molecule has 0 aliphatic carbocycles. The summed E-state index contributed by atoms with van der Waals surface area (Å²) in [4.78, 5) is 2.36. The van der Waals surface area contributed by atoms with Crippen LogP contribution in [0.2, 0.25) is 0 Å². The van der Waals surface area contributed by atoms with E-state index in [9.17, 15) is 0 Å². The maximum absolute atomic E-state index is 6.01. The molecule has 22 heavy (non-hydrogen) atoms. The summed E-state index contributed by atoms with van der Waals surface area (Å²) < 4.78 is 11.3. The second kappa shape index (κ2) is 6.58. The van der Waals surface area contributed by atoms with E-state index in [1.807, 2.05) is 24.3 Å². The number of benzene rings is 1. The van der Waals surface area contributed by atoms with Crippen molar-refractivity contribution in [2.24, 2.45) is 0 Å². The average Bonchev–Trinajstić information content (AvgIpc) is 3.00. The van der Waals surface area contributed by atoms with Crippen LogP contribution in [0, 0.1) is 0 Å². The number of hydrogen-bond acceptors (Lipinski definition) is 5. The van der Waals surface area contributed by atoms with Crippen LogP contribution in [0.4, 0.5) is 0 Å². The molecule has 5 nitrogen and oxygen atoms in total. The first-order valence-electron chi connectivity index (χ1n) is 7.81. The van der Waals surface area contributed by atoms with Gasteiger partial charge in [0.15, 0.2) is 0 Å². The fraction of sp³-hybridized carbons (Fsp3) is 0.529. The highest BCUT2D eigenvalue weighted by atomic mass is 16.5. The standard InChI is InChI=1S/C17H23N3O2/c1-12-14(9-6-10-20(12)2)16-18-19-17(22-16)15-8-5-4-7-13(15)11-21-3/h4-5,7-8,12,14H,6,9-11H2,1-3H3/t12-,14-/m0/s1. The summed E-state index contributed by atoms with van der Waals surface area (Å²) >= 11 is 0. The van der Waals surface area contributed by atoms with E-state index in [0.717, 1.165) is 30.0 Å². The zero-order chi connectivity index (χ0) is 15.5. The molecule has 0 bridgehead atoms. The lowest BCUT2D eigenvalue weighted by Gasteiger charge is -2.34. The van der Waals surface area contributed by atoms with E-state index in [4.69, 9.17) is 9.15 Å². The molecule has 1 aromatic heterocycles. The third-order valence-corrected chi connectivity index (χ3v) is 4.61. The van der Waals surface area contributed by atoms with E-state index >= 15 is 0 Å². The Morgan fingerprint density at radius 1 is 1.32 bits per heavy atom. The topological polar surface area (TPSA) is 51.4 Å². The van der Waals surface area contributed by atoms with Gasteiger partial charge in [-0.2, -0.15) is 0 Å². The van der Waals surface area contributed by atoms with Crippen LogP contribution >= 0.6 is 0 Å². The first kappa shape index (κ1) is 15.2. The SMILES string of the molecule is COCc1ccccc1-c1nnc([C@H]2CCCN(C)[C@H]2C)o1. The van der Waals surface area contributed by atoms with Gasteiger partial charge in [0, 0.05) is 18.7 Å². The monoisotopic (exact) mass is 301 g/mol. The Hall–Kier alpha value is -1.72. The fourth-order valence-electron chi connectivity index (χ4n) is 3.15. The maximum atomic E-state index is 6.01. The number of hydrogen-bond donors (Lipinski definition) is 0. The molecule has 0 spiro atoms.